The van der Waals surface area contributed by atoms with Crippen molar-refractivity contribution in [1.82, 2.24) is 9.97 Å². The summed E-state index contributed by atoms with van der Waals surface area (Å²) in [5, 5.41) is 29.4. The van der Waals surface area contributed by atoms with Crippen molar-refractivity contribution in [1.29, 1.82) is 0 Å². The van der Waals surface area contributed by atoms with Crippen molar-refractivity contribution in [3.63, 3.8) is 0 Å². The van der Waals surface area contributed by atoms with Crippen LogP contribution in [0.15, 0.2) is 79.5 Å². The summed E-state index contributed by atoms with van der Waals surface area (Å²) in [5.41, 5.74) is -1.91. The first kappa shape index (κ1) is 48.0. The summed E-state index contributed by atoms with van der Waals surface area (Å²) in [6, 6.07) is 8.37. The van der Waals surface area contributed by atoms with Gasteiger partial charge in [0.15, 0.2) is 16.1 Å². The van der Waals surface area contributed by atoms with Crippen molar-refractivity contribution in [3.05, 3.63) is 70.5 Å². The smallest absolute Gasteiger partial charge is 0.506 e. The fraction of sp³-hybridized carbons (Fsp3) is 0. The molecule has 17 nitrogen and oxygen atoms in total. The van der Waals surface area contributed by atoms with Gasteiger partial charge in [0.1, 0.15) is 26.9 Å². The van der Waals surface area contributed by atoms with Crippen molar-refractivity contribution < 1.29 is 160 Å². The molecular weight excluding hydrogens is 862 g/mol. The van der Waals surface area contributed by atoms with E-state index in [1.165, 1.54) is 18.2 Å². The van der Waals surface area contributed by atoms with Crippen molar-refractivity contribution in [2.24, 2.45) is 10.2 Å². The first-order chi connectivity index (χ1) is 21.7. The molecule has 0 atom stereocenters. The quantitative estimate of drug-likeness (QED) is 0.0516. The molecule has 0 aliphatic rings. The van der Waals surface area contributed by atoms with Crippen molar-refractivity contribution in [2.45, 2.75) is 14.7 Å². The molecule has 0 saturated carbocycles. The fourth-order valence-corrected chi connectivity index (χ4v) is 6.26. The minimum absolute atomic E-state index is 0. The Kier molecular flexibility index (Phi) is 17.0. The number of hydrogen-bond acceptors (Lipinski definition) is 13. The van der Waals surface area contributed by atoms with E-state index in [1.54, 1.807) is 0 Å². The van der Waals surface area contributed by atoms with Gasteiger partial charge in [-0.3, -0.25) is 18.5 Å². The summed E-state index contributed by atoms with van der Waals surface area (Å²) in [7, 11) is -15.2. The number of phenols is 2. The van der Waals surface area contributed by atoms with E-state index in [0.717, 1.165) is 18.2 Å². The van der Waals surface area contributed by atoms with Gasteiger partial charge in [0.05, 0.1) is 21.6 Å². The molecule has 1 heterocycles. The third kappa shape index (κ3) is 10.8. The molecule has 1 aromatic heterocycles. The normalized spacial score (nSPS) is 11.6. The Bertz CT molecular complexity index is 2570. The molecule has 5 aromatic rings. The van der Waals surface area contributed by atoms with Crippen LogP contribution in [0.1, 0.15) is 10.4 Å². The molecule has 0 unspecified atom stereocenters. The zero-order valence-electron chi connectivity index (χ0n) is 25.9. The Hall–Kier alpha value is -1.02. The maximum atomic E-state index is 13.2. The summed E-state index contributed by atoms with van der Waals surface area (Å²) < 4.78 is 101. The molecule has 1 amide bonds. The number of halogens is 2. The summed E-state index contributed by atoms with van der Waals surface area (Å²) in [6.07, 6.45) is 0. The Morgan fingerprint density at radius 1 is 0.706 bits per heavy atom. The van der Waals surface area contributed by atoms with E-state index in [2.05, 4.69) is 25.5 Å². The molecule has 0 aliphatic heterocycles. The van der Waals surface area contributed by atoms with E-state index >= 15 is 0 Å². The molecule has 1 radical (unpaired) electrons. The van der Waals surface area contributed by atoms with Gasteiger partial charge < -0.3 is 15.5 Å². The van der Waals surface area contributed by atoms with Gasteiger partial charge in [-0.25, -0.2) is 9.97 Å². The van der Waals surface area contributed by atoms with Gasteiger partial charge in [-0.15, -0.1) is 10.2 Å². The number of hydrogen-bond donors (Lipinski definition) is 6. The Morgan fingerprint density at radius 2 is 1.27 bits per heavy atom. The molecule has 5 rings (SSSR count). The number of amides is 1. The number of anilines is 1. The van der Waals surface area contributed by atoms with Crippen molar-refractivity contribution in [3.8, 4) is 11.5 Å². The third-order valence-electron chi connectivity index (χ3n) is 6.30. The molecule has 6 N–H and O–H groups in total. The van der Waals surface area contributed by atoms with E-state index in [-0.39, 0.29) is 133 Å². The number of nitrogens with zero attached hydrogens (tertiary/aromatic N) is 4. The predicted molar refractivity (Wildman–Crippen MR) is 165 cm³/mol. The number of benzene rings is 4. The monoisotopic (exact) mass is 875 g/mol. The average Bonchev–Trinajstić information content (AvgIpc) is 2.96. The molecule has 0 saturated heterocycles. The average molecular weight is 877 g/mol. The van der Waals surface area contributed by atoms with Crippen LogP contribution in [-0.2, 0) is 47.4 Å². The van der Waals surface area contributed by atoms with E-state index in [4.69, 9.17) is 23.2 Å². The second-order valence-corrected chi connectivity index (χ2v) is 14.3. The maximum absolute atomic E-state index is 13.2. The van der Waals surface area contributed by atoms with Crippen LogP contribution in [0, 0.1) is 0 Å². The van der Waals surface area contributed by atoms with Crippen LogP contribution in [0.25, 0.3) is 21.8 Å². The number of carbonyl (C=O) groups is 1. The molecule has 4 aromatic carbocycles. The minimum Gasteiger partial charge on any atom is -0.506 e. The molecular formula is C25H15Cl2CuN5Na3O12S3+3. The Labute approximate surface area is 375 Å². The number of rotatable bonds is 7. The van der Waals surface area contributed by atoms with E-state index in [1.807, 2.05) is 0 Å². The van der Waals surface area contributed by atoms with Crippen LogP contribution >= 0.6 is 23.2 Å². The largest absolute Gasteiger partial charge is 1.00 e. The molecule has 0 spiro atoms. The fourth-order valence-electron chi connectivity index (χ4n) is 4.17. The Morgan fingerprint density at radius 3 is 1.84 bits per heavy atom. The van der Waals surface area contributed by atoms with Crippen molar-refractivity contribution in [2.75, 3.05) is 5.32 Å². The minimum atomic E-state index is -5.25. The second kappa shape index (κ2) is 18.1. The van der Waals surface area contributed by atoms with Crippen LogP contribution in [0.2, 0.25) is 10.3 Å². The SMILES string of the molecule is O=C(Nc1cc2c(O)c(N=Nc3cc(S(=O)(=O)O)ccc3O)c(S(=O)(=O)O)cc2cc1S(=O)(=O)O)c1ccc2nc(Cl)c(Cl)nc2c1.[Cu].[Na+].[Na+].[Na+]. The summed E-state index contributed by atoms with van der Waals surface area (Å²) in [5.74, 6) is -2.70. The number of phenolic OH excluding ortho intramolecular Hbond substituents is 2. The molecule has 0 fully saturated rings. The number of aromatic nitrogens is 2. The maximum Gasteiger partial charge on any atom is 1.00 e. The van der Waals surface area contributed by atoms with E-state index < -0.39 is 90.3 Å². The van der Waals surface area contributed by atoms with Crippen LogP contribution in [-0.4, -0.2) is 65.0 Å². The number of aromatic hydroxyl groups is 2. The van der Waals surface area contributed by atoms with E-state index in [9.17, 15) is 53.9 Å². The number of nitrogens with one attached hydrogen (secondary N) is 1. The first-order valence-electron chi connectivity index (χ1n) is 12.2. The number of azo groups is 1. The van der Waals surface area contributed by atoms with Gasteiger partial charge in [-0.1, -0.05) is 23.2 Å². The van der Waals surface area contributed by atoms with Gasteiger partial charge in [-0.2, -0.15) is 25.3 Å². The second-order valence-electron chi connectivity index (χ2n) is 9.38. The number of carbonyl (C=O) groups excluding carboxylic acids is 1. The zero-order valence-corrected chi connectivity index (χ0v) is 36.8. The van der Waals surface area contributed by atoms with Crippen LogP contribution in [0.5, 0.6) is 11.5 Å². The van der Waals surface area contributed by atoms with Gasteiger partial charge in [0.2, 0.25) is 0 Å². The van der Waals surface area contributed by atoms with Gasteiger partial charge >= 0.3 is 88.7 Å². The summed E-state index contributed by atoms with van der Waals surface area (Å²) in [4.78, 5) is 18.4. The zero-order chi connectivity index (χ0) is 34.6. The summed E-state index contributed by atoms with van der Waals surface area (Å²) in [6.45, 7) is 0. The van der Waals surface area contributed by atoms with Crippen LogP contribution in [0.4, 0.5) is 17.1 Å². The van der Waals surface area contributed by atoms with Gasteiger partial charge in [-0.05, 0) is 60.0 Å². The third-order valence-corrected chi connectivity index (χ3v) is 9.54. The van der Waals surface area contributed by atoms with Crippen molar-refractivity contribution >= 4 is 98.3 Å². The first-order valence-corrected chi connectivity index (χ1v) is 17.3. The molecule has 51 heavy (non-hydrogen) atoms. The Balaban J connectivity index is 0.00000325. The number of fused-ring (bicyclic) bond motifs is 2. The summed E-state index contributed by atoms with van der Waals surface area (Å²) >= 11 is 11.8. The molecule has 0 aliphatic carbocycles. The van der Waals surface area contributed by atoms with Crippen LogP contribution in [0.3, 0.4) is 0 Å². The molecule has 26 heteroatoms. The topological polar surface area (TPSA) is 283 Å². The molecule has 255 valence electrons. The predicted octanol–water partition coefficient (Wildman–Crippen LogP) is -4.08. The molecule has 0 bridgehead atoms. The van der Waals surface area contributed by atoms with Gasteiger partial charge in [0.25, 0.3) is 36.3 Å². The van der Waals surface area contributed by atoms with E-state index in [0.29, 0.717) is 18.2 Å². The van der Waals surface area contributed by atoms with Gasteiger partial charge in [0, 0.05) is 28.0 Å². The standard InChI is InChI=1S/C25H15Cl2N5O12S3.Cu.3Na/c26-23-24(27)29-15-5-10(1-3-14(15)28-23)25(35)30-17-9-13-11(6-19(17)46(39,40)41)7-20(47(42,43)44)21(22(13)34)32-31-16-8-12(45(36,37)38)2-4-18(16)33;;;;/h1-9,33-34H,(H,30,35)(H,36,37,38)(H,39,40,41)(H,42,43,44);;;;/q;;3*+1. The van der Waals surface area contributed by atoms with Crippen LogP contribution < -0.4 is 94.0 Å².